The van der Waals surface area contributed by atoms with Gasteiger partial charge >= 0.3 is 6.61 Å². The van der Waals surface area contributed by atoms with Crippen LogP contribution in [0.4, 0.5) is 8.78 Å². The number of ether oxygens (including phenoxy) is 2. The average Bonchev–Trinajstić information content (AvgIpc) is 3.12. The minimum atomic E-state index is -2.89. The Morgan fingerprint density at radius 2 is 2.08 bits per heavy atom. The average molecular weight is 481 g/mol. The van der Waals surface area contributed by atoms with Gasteiger partial charge in [-0.1, -0.05) is 0 Å². The highest BCUT2D eigenvalue weighted by atomic mass is 127. The summed E-state index contributed by atoms with van der Waals surface area (Å²) in [7, 11) is 3.14. The molecule has 0 bridgehead atoms. The Labute approximate surface area is 168 Å². The summed E-state index contributed by atoms with van der Waals surface area (Å²) in [5.74, 6) is 2.05. The first-order chi connectivity index (χ1) is 12.1. The molecule has 0 unspecified atom stereocenters. The maximum atomic E-state index is 12.5. The first-order valence-electron chi connectivity index (χ1n) is 7.71. The van der Waals surface area contributed by atoms with Gasteiger partial charge in [0.2, 0.25) is 0 Å². The van der Waals surface area contributed by atoms with Gasteiger partial charge in [0.05, 0.1) is 13.4 Å². The number of nitrogens with one attached hydrogen (secondary N) is 2. The van der Waals surface area contributed by atoms with Gasteiger partial charge < -0.3 is 24.5 Å². The van der Waals surface area contributed by atoms with Crippen LogP contribution in [0.15, 0.2) is 46.0 Å². The summed E-state index contributed by atoms with van der Waals surface area (Å²) in [6, 6.07) is 8.38. The van der Waals surface area contributed by atoms with Crippen LogP contribution >= 0.6 is 24.0 Å². The molecule has 2 N–H and O–H groups in total. The number of furan rings is 1. The van der Waals surface area contributed by atoms with Crippen LogP contribution < -0.4 is 20.1 Å². The molecule has 144 valence electrons. The standard InChI is InChI=1S/C17H21F2N3O3.HI/c1-20-17(21-8-7-13-4-3-9-24-13)22-11-12-10-14(23-2)5-6-15(12)25-16(18)19;/h3-6,9-10,16H,7-8,11H2,1-2H3,(H2,20,21,22);1H. The molecule has 0 fully saturated rings. The van der Waals surface area contributed by atoms with Crippen molar-refractivity contribution in [3.8, 4) is 11.5 Å². The molecular formula is C17H22F2IN3O3. The Balaban J connectivity index is 0.00000338. The zero-order valence-electron chi connectivity index (χ0n) is 14.5. The molecule has 1 aromatic heterocycles. The van der Waals surface area contributed by atoms with E-state index < -0.39 is 6.61 Å². The fourth-order valence-corrected chi connectivity index (χ4v) is 2.19. The van der Waals surface area contributed by atoms with E-state index >= 15 is 0 Å². The van der Waals surface area contributed by atoms with Crippen LogP contribution in [0.25, 0.3) is 0 Å². The van der Waals surface area contributed by atoms with Gasteiger partial charge in [-0.25, -0.2) is 0 Å². The number of benzene rings is 1. The lowest BCUT2D eigenvalue weighted by atomic mass is 10.2. The maximum absolute atomic E-state index is 12.5. The molecule has 0 saturated carbocycles. The third-order valence-corrected chi connectivity index (χ3v) is 3.40. The van der Waals surface area contributed by atoms with E-state index in [9.17, 15) is 8.78 Å². The number of alkyl halides is 2. The number of halogens is 3. The van der Waals surface area contributed by atoms with Crippen molar-refractivity contribution in [2.24, 2.45) is 4.99 Å². The lowest BCUT2D eigenvalue weighted by Crippen LogP contribution is -2.37. The van der Waals surface area contributed by atoms with Gasteiger partial charge in [-0.2, -0.15) is 8.78 Å². The largest absolute Gasteiger partial charge is 0.497 e. The predicted molar refractivity (Wildman–Crippen MR) is 106 cm³/mol. The van der Waals surface area contributed by atoms with Gasteiger partial charge in [0.1, 0.15) is 17.3 Å². The molecule has 1 aromatic carbocycles. The van der Waals surface area contributed by atoms with Crippen molar-refractivity contribution in [3.63, 3.8) is 0 Å². The first kappa shape index (κ1) is 22.0. The molecule has 1 heterocycles. The van der Waals surface area contributed by atoms with Crippen molar-refractivity contribution in [1.29, 1.82) is 0 Å². The molecule has 2 aromatic rings. The first-order valence-corrected chi connectivity index (χ1v) is 7.71. The Kier molecular flexibility index (Phi) is 9.78. The second kappa shape index (κ2) is 11.6. The van der Waals surface area contributed by atoms with Crippen LogP contribution in [0.1, 0.15) is 11.3 Å². The van der Waals surface area contributed by atoms with Crippen molar-refractivity contribution < 1.29 is 22.7 Å². The fourth-order valence-electron chi connectivity index (χ4n) is 2.19. The van der Waals surface area contributed by atoms with Crippen LogP contribution in [-0.2, 0) is 13.0 Å². The van der Waals surface area contributed by atoms with Crippen molar-refractivity contribution in [2.45, 2.75) is 19.6 Å². The molecule has 0 aliphatic heterocycles. The van der Waals surface area contributed by atoms with Crippen molar-refractivity contribution >= 4 is 29.9 Å². The molecule has 0 radical (unpaired) electrons. The molecule has 2 rings (SSSR count). The minimum absolute atomic E-state index is 0. The normalized spacial score (nSPS) is 11.0. The molecule has 9 heteroatoms. The van der Waals surface area contributed by atoms with Crippen LogP contribution in [0.3, 0.4) is 0 Å². The maximum Gasteiger partial charge on any atom is 0.387 e. The van der Waals surface area contributed by atoms with E-state index in [4.69, 9.17) is 9.15 Å². The molecule has 0 amide bonds. The zero-order chi connectivity index (χ0) is 18.1. The molecule has 26 heavy (non-hydrogen) atoms. The molecule has 0 aliphatic carbocycles. The number of hydrogen-bond acceptors (Lipinski definition) is 4. The summed E-state index contributed by atoms with van der Waals surface area (Å²) in [6.07, 6.45) is 2.32. The highest BCUT2D eigenvalue weighted by molar-refractivity contribution is 14.0. The molecule has 0 atom stereocenters. The summed E-state index contributed by atoms with van der Waals surface area (Å²) >= 11 is 0. The lowest BCUT2D eigenvalue weighted by Gasteiger charge is -2.15. The number of methoxy groups -OCH3 is 1. The van der Waals surface area contributed by atoms with Crippen molar-refractivity contribution in [2.75, 3.05) is 20.7 Å². The van der Waals surface area contributed by atoms with Crippen molar-refractivity contribution in [1.82, 2.24) is 10.6 Å². The van der Waals surface area contributed by atoms with E-state index in [0.717, 1.165) is 5.76 Å². The third-order valence-electron chi connectivity index (χ3n) is 3.40. The van der Waals surface area contributed by atoms with Crippen molar-refractivity contribution in [3.05, 3.63) is 47.9 Å². The smallest absolute Gasteiger partial charge is 0.387 e. The number of nitrogens with zero attached hydrogens (tertiary/aromatic N) is 1. The fraction of sp³-hybridized carbons (Fsp3) is 0.353. The van der Waals surface area contributed by atoms with E-state index in [2.05, 4.69) is 20.4 Å². The van der Waals surface area contributed by atoms with Gasteiger partial charge in [-0.05, 0) is 30.3 Å². The van der Waals surface area contributed by atoms with Crippen LogP contribution in [0.5, 0.6) is 11.5 Å². The van der Waals surface area contributed by atoms with Crippen LogP contribution in [-0.4, -0.2) is 33.3 Å². The van der Waals surface area contributed by atoms with Gasteiger partial charge in [0.15, 0.2) is 5.96 Å². The minimum Gasteiger partial charge on any atom is -0.497 e. The van der Waals surface area contributed by atoms with E-state index in [-0.39, 0.29) is 36.3 Å². The molecule has 0 aliphatic rings. The number of hydrogen-bond donors (Lipinski definition) is 2. The second-order valence-corrected chi connectivity index (χ2v) is 5.03. The number of guanidine groups is 1. The van der Waals surface area contributed by atoms with Gasteiger partial charge in [0, 0.05) is 32.1 Å². The van der Waals surface area contributed by atoms with Gasteiger partial charge in [0.25, 0.3) is 0 Å². The van der Waals surface area contributed by atoms with Crippen LogP contribution in [0, 0.1) is 0 Å². The SMILES string of the molecule is CN=C(NCCc1ccco1)NCc1cc(OC)ccc1OC(F)F.I. The Morgan fingerprint density at radius 3 is 2.69 bits per heavy atom. The Bertz CT molecular complexity index is 682. The monoisotopic (exact) mass is 481 g/mol. The number of aliphatic imine (C=N–C) groups is 1. The Morgan fingerprint density at radius 1 is 1.27 bits per heavy atom. The second-order valence-electron chi connectivity index (χ2n) is 5.03. The summed E-state index contributed by atoms with van der Waals surface area (Å²) in [5, 5.41) is 6.18. The summed E-state index contributed by atoms with van der Waals surface area (Å²) in [6.45, 7) is -2.02. The van der Waals surface area contributed by atoms with E-state index in [0.29, 0.717) is 30.2 Å². The molecule has 0 spiro atoms. The molecule has 0 saturated heterocycles. The third kappa shape index (κ3) is 7.06. The van der Waals surface area contributed by atoms with Gasteiger partial charge in [-0.3, -0.25) is 4.99 Å². The molecule has 6 nitrogen and oxygen atoms in total. The highest BCUT2D eigenvalue weighted by Crippen LogP contribution is 2.25. The summed E-state index contributed by atoms with van der Waals surface area (Å²) < 4.78 is 40.0. The molecular weight excluding hydrogens is 459 g/mol. The van der Waals surface area contributed by atoms with E-state index in [1.807, 2.05) is 12.1 Å². The van der Waals surface area contributed by atoms with Crippen LogP contribution in [0.2, 0.25) is 0 Å². The zero-order valence-corrected chi connectivity index (χ0v) is 16.8. The highest BCUT2D eigenvalue weighted by Gasteiger charge is 2.11. The predicted octanol–water partition coefficient (Wildman–Crippen LogP) is 3.42. The quantitative estimate of drug-likeness (QED) is 0.344. The van der Waals surface area contributed by atoms with E-state index in [1.165, 1.54) is 13.2 Å². The Hall–Kier alpha value is -2.04. The van der Waals surface area contributed by atoms with Gasteiger partial charge in [-0.15, -0.1) is 24.0 Å². The summed E-state index contributed by atoms with van der Waals surface area (Å²) in [5.41, 5.74) is 0.536. The lowest BCUT2D eigenvalue weighted by molar-refractivity contribution is -0.0504. The van der Waals surface area contributed by atoms with E-state index in [1.54, 1.807) is 25.4 Å². The number of rotatable bonds is 8. The summed E-state index contributed by atoms with van der Waals surface area (Å²) in [4.78, 5) is 4.10. The topological polar surface area (TPSA) is 68.0 Å².